The number of nitrogens with zero attached hydrogens (tertiary/aromatic N) is 1. The summed E-state index contributed by atoms with van der Waals surface area (Å²) < 4.78 is 27.6. The van der Waals surface area contributed by atoms with Crippen LogP contribution in [0.15, 0.2) is 23.1 Å². The van der Waals surface area contributed by atoms with Gasteiger partial charge in [-0.15, -0.1) is 0 Å². The van der Waals surface area contributed by atoms with Crippen LogP contribution in [-0.2, 0) is 16.4 Å². The number of rotatable bonds is 4. The first kappa shape index (κ1) is 14.8. The monoisotopic (exact) mass is 309 g/mol. The highest BCUT2D eigenvalue weighted by molar-refractivity contribution is 7.89. The Bertz CT molecular complexity index is 607. The van der Waals surface area contributed by atoms with Crippen molar-refractivity contribution in [3.63, 3.8) is 0 Å². The van der Waals surface area contributed by atoms with Crippen LogP contribution < -0.4 is 10.0 Å². The fourth-order valence-electron chi connectivity index (χ4n) is 3.03. The van der Waals surface area contributed by atoms with Crippen LogP contribution in [0.1, 0.15) is 18.4 Å². The molecule has 5 nitrogen and oxygen atoms in total. The molecular weight excluding hydrogens is 286 g/mol. The van der Waals surface area contributed by atoms with Gasteiger partial charge in [-0.25, -0.2) is 13.1 Å². The molecule has 0 saturated carbocycles. The number of likely N-dealkylation sites (tertiary alicyclic amines) is 1. The highest BCUT2D eigenvalue weighted by Crippen LogP contribution is 2.25. The maximum absolute atomic E-state index is 12.4. The number of nitrogens with one attached hydrogen (secondary N) is 2. The molecule has 0 bridgehead atoms. The first-order valence-electron chi connectivity index (χ1n) is 7.59. The van der Waals surface area contributed by atoms with Gasteiger partial charge in [0.15, 0.2) is 0 Å². The van der Waals surface area contributed by atoms with Crippen molar-refractivity contribution in [3.05, 3.63) is 23.8 Å². The second-order valence-corrected chi connectivity index (χ2v) is 7.86. The van der Waals surface area contributed by atoms with Gasteiger partial charge in [-0.1, -0.05) is 0 Å². The highest BCUT2D eigenvalue weighted by atomic mass is 32.2. The van der Waals surface area contributed by atoms with Crippen molar-refractivity contribution in [3.8, 4) is 0 Å². The molecule has 1 aromatic rings. The SMILES string of the molecule is CN1CCC(CNS(=O)(=O)c2ccc3c(c2)CCN3)CC1. The van der Waals surface area contributed by atoms with Crippen molar-refractivity contribution in [2.75, 3.05) is 38.5 Å². The molecule has 0 aliphatic carbocycles. The van der Waals surface area contributed by atoms with E-state index in [-0.39, 0.29) is 0 Å². The van der Waals surface area contributed by atoms with Crippen molar-refractivity contribution in [2.45, 2.75) is 24.2 Å². The van der Waals surface area contributed by atoms with E-state index in [4.69, 9.17) is 0 Å². The van der Waals surface area contributed by atoms with E-state index in [0.29, 0.717) is 17.4 Å². The van der Waals surface area contributed by atoms with Crippen molar-refractivity contribution in [2.24, 2.45) is 5.92 Å². The van der Waals surface area contributed by atoms with Crippen molar-refractivity contribution in [1.82, 2.24) is 9.62 Å². The highest BCUT2D eigenvalue weighted by Gasteiger charge is 2.21. The van der Waals surface area contributed by atoms with Gasteiger partial charge in [-0.05, 0) is 69.1 Å². The molecular formula is C15H23N3O2S. The average molecular weight is 309 g/mol. The number of sulfonamides is 1. The number of hydrogen-bond acceptors (Lipinski definition) is 4. The summed E-state index contributed by atoms with van der Waals surface area (Å²) in [6.45, 7) is 3.54. The Hall–Kier alpha value is -1.11. The van der Waals surface area contributed by atoms with Gasteiger partial charge >= 0.3 is 0 Å². The molecule has 1 aromatic carbocycles. The molecule has 2 heterocycles. The van der Waals surface area contributed by atoms with Gasteiger partial charge in [-0.3, -0.25) is 0 Å². The molecule has 2 aliphatic heterocycles. The molecule has 0 spiro atoms. The lowest BCUT2D eigenvalue weighted by atomic mass is 9.98. The van der Waals surface area contributed by atoms with Crippen LogP contribution in [0.2, 0.25) is 0 Å². The summed E-state index contributed by atoms with van der Waals surface area (Å²) in [5.74, 6) is 0.451. The summed E-state index contributed by atoms with van der Waals surface area (Å²) in [6.07, 6.45) is 3.02. The van der Waals surface area contributed by atoms with Crippen LogP contribution in [0, 0.1) is 5.92 Å². The molecule has 1 fully saturated rings. The van der Waals surface area contributed by atoms with Crippen molar-refractivity contribution >= 4 is 15.7 Å². The summed E-state index contributed by atoms with van der Waals surface area (Å²) in [5, 5.41) is 3.25. The van der Waals surface area contributed by atoms with Gasteiger partial charge < -0.3 is 10.2 Å². The summed E-state index contributed by atoms with van der Waals surface area (Å²) in [4.78, 5) is 2.68. The zero-order valence-corrected chi connectivity index (χ0v) is 13.2. The van der Waals surface area contributed by atoms with Crippen molar-refractivity contribution in [1.29, 1.82) is 0 Å². The van der Waals surface area contributed by atoms with Gasteiger partial charge in [0, 0.05) is 18.8 Å². The van der Waals surface area contributed by atoms with Crippen LogP contribution in [0.5, 0.6) is 0 Å². The molecule has 0 radical (unpaired) electrons. The normalized spacial score (nSPS) is 20.2. The average Bonchev–Trinajstić information content (AvgIpc) is 2.94. The Morgan fingerprint density at radius 2 is 2.10 bits per heavy atom. The van der Waals surface area contributed by atoms with Gasteiger partial charge in [0.25, 0.3) is 0 Å². The summed E-state index contributed by atoms with van der Waals surface area (Å²) >= 11 is 0. The molecule has 116 valence electrons. The largest absolute Gasteiger partial charge is 0.384 e. The van der Waals surface area contributed by atoms with E-state index in [9.17, 15) is 8.42 Å². The molecule has 0 aromatic heterocycles. The molecule has 0 atom stereocenters. The van der Waals surface area contributed by atoms with E-state index < -0.39 is 10.0 Å². The first-order chi connectivity index (χ1) is 10.0. The number of piperidine rings is 1. The number of anilines is 1. The Morgan fingerprint density at radius 3 is 2.86 bits per heavy atom. The molecule has 21 heavy (non-hydrogen) atoms. The van der Waals surface area contributed by atoms with E-state index >= 15 is 0 Å². The van der Waals surface area contributed by atoms with Crippen LogP contribution in [0.25, 0.3) is 0 Å². The number of benzene rings is 1. The quantitative estimate of drug-likeness (QED) is 0.879. The van der Waals surface area contributed by atoms with E-state index in [1.807, 2.05) is 6.07 Å². The maximum atomic E-state index is 12.4. The third-order valence-electron chi connectivity index (χ3n) is 4.50. The lowest BCUT2D eigenvalue weighted by Crippen LogP contribution is -2.36. The molecule has 1 saturated heterocycles. The Morgan fingerprint density at radius 1 is 1.33 bits per heavy atom. The molecule has 2 aliphatic rings. The number of hydrogen-bond donors (Lipinski definition) is 2. The van der Waals surface area contributed by atoms with E-state index in [1.165, 1.54) is 0 Å². The Kier molecular flexibility index (Phi) is 4.19. The van der Waals surface area contributed by atoms with Crippen LogP contribution in [-0.4, -0.2) is 46.5 Å². The zero-order chi connectivity index (χ0) is 14.9. The van der Waals surface area contributed by atoms with E-state index in [1.54, 1.807) is 12.1 Å². The van der Waals surface area contributed by atoms with Crippen molar-refractivity contribution < 1.29 is 8.42 Å². The standard InChI is InChI=1S/C15H23N3O2S/c1-18-8-5-12(6-9-18)11-17-21(19,20)14-2-3-15-13(10-14)4-7-16-15/h2-3,10,12,16-17H,4-9,11H2,1H3. The van der Waals surface area contributed by atoms with Crippen LogP contribution in [0.3, 0.4) is 0 Å². The van der Waals surface area contributed by atoms with E-state index in [2.05, 4.69) is 22.0 Å². The second-order valence-electron chi connectivity index (χ2n) is 6.09. The summed E-state index contributed by atoms with van der Waals surface area (Å²) in [6, 6.07) is 5.35. The van der Waals surface area contributed by atoms with Gasteiger partial charge in [0.2, 0.25) is 10.0 Å². The third kappa shape index (κ3) is 3.39. The minimum Gasteiger partial charge on any atom is -0.384 e. The first-order valence-corrected chi connectivity index (χ1v) is 9.08. The topological polar surface area (TPSA) is 61.4 Å². The third-order valence-corrected chi connectivity index (χ3v) is 5.92. The fourth-order valence-corrected chi connectivity index (χ4v) is 4.19. The Balaban J connectivity index is 1.64. The minimum atomic E-state index is -3.39. The molecule has 3 rings (SSSR count). The minimum absolute atomic E-state index is 0.387. The summed E-state index contributed by atoms with van der Waals surface area (Å²) in [7, 11) is -1.28. The molecule has 2 N–H and O–H groups in total. The summed E-state index contributed by atoms with van der Waals surface area (Å²) in [5.41, 5.74) is 2.15. The molecule has 0 amide bonds. The van der Waals surface area contributed by atoms with Gasteiger partial charge in [-0.2, -0.15) is 0 Å². The van der Waals surface area contributed by atoms with Crippen LogP contribution >= 0.6 is 0 Å². The smallest absolute Gasteiger partial charge is 0.240 e. The Labute approximate surface area is 126 Å². The maximum Gasteiger partial charge on any atom is 0.240 e. The zero-order valence-electron chi connectivity index (χ0n) is 12.4. The lowest BCUT2D eigenvalue weighted by molar-refractivity contribution is 0.220. The molecule has 0 unspecified atom stereocenters. The second kappa shape index (κ2) is 5.94. The molecule has 6 heteroatoms. The van der Waals surface area contributed by atoms with Gasteiger partial charge in [0.1, 0.15) is 0 Å². The lowest BCUT2D eigenvalue weighted by Gasteiger charge is -2.28. The predicted octanol–water partition coefficient (Wildman–Crippen LogP) is 1.27. The van der Waals surface area contributed by atoms with Crippen LogP contribution in [0.4, 0.5) is 5.69 Å². The van der Waals surface area contributed by atoms with E-state index in [0.717, 1.165) is 50.1 Å². The predicted molar refractivity (Wildman–Crippen MR) is 84.0 cm³/mol. The fraction of sp³-hybridized carbons (Fsp3) is 0.600. The van der Waals surface area contributed by atoms with Gasteiger partial charge in [0.05, 0.1) is 4.90 Å². The number of fused-ring (bicyclic) bond motifs is 1.